The highest BCUT2D eigenvalue weighted by Gasteiger charge is 2.39. The van der Waals surface area contributed by atoms with E-state index in [1.807, 2.05) is 0 Å². The van der Waals surface area contributed by atoms with Gasteiger partial charge >= 0.3 is 0 Å². The number of rotatable bonds is 4. The summed E-state index contributed by atoms with van der Waals surface area (Å²) in [5, 5.41) is 8.19. The van der Waals surface area contributed by atoms with E-state index in [9.17, 15) is 0 Å². The standard InChI is InChI=1S/C17H29N3O/c1-3-18-12-15-13-20(19-14(15)2)16-7-10-21-17(11-16)8-5-4-6-9-17/h13,16,18H,3-12H2,1-2H3. The van der Waals surface area contributed by atoms with Gasteiger partial charge in [0.25, 0.3) is 0 Å². The van der Waals surface area contributed by atoms with Crippen LogP contribution in [-0.2, 0) is 11.3 Å². The molecule has 1 unspecified atom stereocenters. The van der Waals surface area contributed by atoms with E-state index in [1.165, 1.54) is 43.4 Å². The fourth-order valence-electron chi connectivity index (χ4n) is 3.91. The molecule has 1 aromatic heterocycles. The second-order valence-electron chi connectivity index (χ2n) is 6.74. The Morgan fingerprint density at radius 3 is 2.95 bits per heavy atom. The highest BCUT2D eigenvalue weighted by Crippen LogP contribution is 2.42. The number of nitrogens with zero attached hydrogens (tertiary/aromatic N) is 2. The first kappa shape index (κ1) is 15.0. The number of nitrogens with one attached hydrogen (secondary N) is 1. The smallest absolute Gasteiger partial charge is 0.0703 e. The quantitative estimate of drug-likeness (QED) is 0.924. The predicted molar refractivity (Wildman–Crippen MR) is 84.4 cm³/mol. The highest BCUT2D eigenvalue weighted by molar-refractivity contribution is 5.15. The molecule has 1 saturated heterocycles. The molecule has 1 atom stereocenters. The summed E-state index contributed by atoms with van der Waals surface area (Å²) in [7, 11) is 0. The van der Waals surface area contributed by atoms with E-state index >= 15 is 0 Å². The van der Waals surface area contributed by atoms with Gasteiger partial charge in [-0.2, -0.15) is 5.10 Å². The number of aromatic nitrogens is 2. The van der Waals surface area contributed by atoms with Crippen molar-refractivity contribution in [2.75, 3.05) is 13.2 Å². The first-order valence-corrected chi connectivity index (χ1v) is 8.62. The minimum absolute atomic E-state index is 0.156. The molecule has 0 aromatic carbocycles. The van der Waals surface area contributed by atoms with Crippen LogP contribution in [0.3, 0.4) is 0 Å². The van der Waals surface area contributed by atoms with E-state index in [1.54, 1.807) is 0 Å². The van der Waals surface area contributed by atoms with Gasteiger partial charge in [0.05, 0.1) is 17.3 Å². The molecule has 2 aliphatic rings. The van der Waals surface area contributed by atoms with Crippen molar-refractivity contribution in [3.05, 3.63) is 17.5 Å². The number of hydrogen-bond donors (Lipinski definition) is 1. The predicted octanol–water partition coefficient (Wildman–Crippen LogP) is 3.36. The van der Waals surface area contributed by atoms with E-state index < -0.39 is 0 Å². The normalized spacial score (nSPS) is 25.3. The lowest BCUT2D eigenvalue weighted by atomic mass is 9.78. The number of ether oxygens (including phenoxy) is 1. The van der Waals surface area contributed by atoms with Gasteiger partial charge in [-0.05, 0) is 39.2 Å². The topological polar surface area (TPSA) is 39.1 Å². The molecule has 2 heterocycles. The molecular formula is C17H29N3O. The fourth-order valence-corrected chi connectivity index (χ4v) is 3.91. The van der Waals surface area contributed by atoms with Gasteiger partial charge in [-0.1, -0.05) is 26.2 Å². The molecule has 1 spiro atoms. The van der Waals surface area contributed by atoms with Crippen molar-refractivity contribution >= 4 is 0 Å². The molecule has 21 heavy (non-hydrogen) atoms. The van der Waals surface area contributed by atoms with Gasteiger partial charge < -0.3 is 10.1 Å². The van der Waals surface area contributed by atoms with Crippen LogP contribution in [0.15, 0.2) is 6.20 Å². The van der Waals surface area contributed by atoms with Crippen molar-refractivity contribution in [2.45, 2.75) is 77.0 Å². The highest BCUT2D eigenvalue weighted by atomic mass is 16.5. The summed E-state index contributed by atoms with van der Waals surface area (Å²) >= 11 is 0. The summed E-state index contributed by atoms with van der Waals surface area (Å²) in [4.78, 5) is 0. The molecule has 1 N–H and O–H groups in total. The minimum atomic E-state index is 0.156. The molecule has 2 fully saturated rings. The molecule has 1 aromatic rings. The van der Waals surface area contributed by atoms with Crippen LogP contribution in [-0.4, -0.2) is 28.5 Å². The van der Waals surface area contributed by atoms with Crippen molar-refractivity contribution in [3.63, 3.8) is 0 Å². The third kappa shape index (κ3) is 3.32. The summed E-state index contributed by atoms with van der Waals surface area (Å²) in [6, 6.07) is 0.519. The van der Waals surface area contributed by atoms with Gasteiger partial charge in [0.1, 0.15) is 0 Å². The van der Waals surface area contributed by atoms with Gasteiger partial charge in [-0.25, -0.2) is 0 Å². The lowest BCUT2D eigenvalue weighted by Gasteiger charge is -2.43. The average molecular weight is 291 g/mol. The Balaban J connectivity index is 1.71. The van der Waals surface area contributed by atoms with Crippen LogP contribution in [0.5, 0.6) is 0 Å². The Morgan fingerprint density at radius 2 is 2.19 bits per heavy atom. The number of hydrogen-bond acceptors (Lipinski definition) is 3. The zero-order valence-electron chi connectivity index (χ0n) is 13.5. The Hall–Kier alpha value is -0.870. The SMILES string of the molecule is CCNCc1cn(C2CCOC3(CCCCC3)C2)nc1C. The maximum absolute atomic E-state index is 6.21. The van der Waals surface area contributed by atoms with Crippen molar-refractivity contribution < 1.29 is 4.74 Å². The molecule has 0 amide bonds. The first-order valence-electron chi connectivity index (χ1n) is 8.62. The molecule has 4 nitrogen and oxygen atoms in total. The fraction of sp³-hybridized carbons (Fsp3) is 0.824. The van der Waals surface area contributed by atoms with Crippen LogP contribution in [0.1, 0.15) is 69.2 Å². The van der Waals surface area contributed by atoms with Crippen LogP contribution in [0, 0.1) is 6.92 Å². The van der Waals surface area contributed by atoms with Crippen LogP contribution in [0.4, 0.5) is 0 Å². The molecular weight excluding hydrogens is 262 g/mol. The average Bonchev–Trinajstić information content (AvgIpc) is 2.87. The molecule has 0 radical (unpaired) electrons. The molecule has 0 bridgehead atoms. The van der Waals surface area contributed by atoms with E-state index in [0.29, 0.717) is 6.04 Å². The van der Waals surface area contributed by atoms with Crippen molar-refractivity contribution in [1.82, 2.24) is 15.1 Å². The van der Waals surface area contributed by atoms with Crippen LogP contribution in [0.2, 0.25) is 0 Å². The second-order valence-corrected chi connectivity index (χ2v) is 6.74. The van der Waals surface area contributed by atoms with E-state index in [-0.39, 0.29) is 5.60 Å². The van der Waals surface area contributed by atoms with Gasteiger partial charge in [0, 0.05) is 24.9 Å². The zero-order valence-corrected chi connectivity index (χ0v) is 13.5. The molecule has 1 aliphatic carbocycles. The maximum Gasteiger partial charge on any atom is 0.0703 e. The molecule has 3 rings (SSSR count). The lowest BCUT2D eigenvalue weighted by molar-refractivity contribution is -0.115. The Labute approximate surface area is 128 Å². The zero-order chi connectivity index (χ0) is 14.7. The number of aryl methyl sites for hydroxylation is 1. The molecule has 4 heteroatoms. The minimum Gasteiger partial charge on any atom is -0.375 e. The van der Waals surface area contributed by atoms with Gasteiger partial charge in [-0.3, -0.25) is 4.68 Å². The summed E-state index contributed by atoms with van der Waals surface area (Å²) in [6.07, 6.45) is 11.0. The molecule has 118 valence electrons. The Morgan fingerprint density at radius 1 is 1.38 bits per heavy atom. The van der Waals surface area contributed by atoms with Crippen LogP contribution in [0.25, 0.3) is 0 Å². The third-order valence-corrected chi connectivity index (χ3v) is 5.19. The van der Waals surface area contributed by atoms with E-state index in [0.717, 1.165) is 32.5 Å². The lowest BCUT2D eigenvalue weighted by Crippen LogP contribution is -2.42. The van der Waals surface area contributed by atoms with Gasteiger partial charge in [0.2, 0.25) is 0 Å². The summed E-state index contributed by atoms with van der Waals surface area (Å²) < 4.78 is 8.43. The van der Waals surface area contributed by atoms with Crippen LogP contribution < -0.4 is 5.32 Å². The third-order valence-electron chi connectivity index (χ3n) is 5.19. The Kier molecular flexibility index (Phi) is 4.65. The van der Waals surface area contributed by atoms with Crippen molar-refractivity contribution in [3.8, 4) is 0 Å². The maximum atomic E-state index is 6.21. The summed E-state index contributed by atoms with van der Waals surface area (Å²) in [5.74, 6) is 0. The largest absolute Gasteiger partial charge is 0.375 e. The summed E-state index contributed by atoms with van der Waals surface area (Å²) in [5.41, 5.74) is 2.66. The molecule has 1 aliphatic heterocycles. The molecule has 1 saturated carbocycles. The summed E-state index contributed by atoms with van der Waals surface area (Å²) in [6.45, 7) is 7.09. The second kappa shape index (κ2) is 6.49. The van der Waals surface area contributed by atoms with Crippen LogP contribution >= 0.6 is 0 Å². The first-order chi connectivity index (χ1) is 10.2. The van der Waals surface area contributed by atoms with E-state index in [4.69, 9.17) is 9.84 Å². The van der Waals surface area contributed by atoms with Crippen molar-refractivity contribution in [2.24, 2.45) is 0 Å². The van der Waals surface area contributed by atoms with Gasteiger partial charge in [-0.15, -0.1) is 0 Å². The van der Waals surface area contributed by atoms with Gasteiger partial charge in [0.15, 0.2) is 0 Å². The Bertz CT molecular complexity index is 457. The monoisotopic (exact) mass is 291 g/mol. The van der Waals surface area contributed by atoms with Crippen molar-refractivity contribution in [1.29, 1.82) is 0 Å². The van der Waals surface area contributed by atoms with E-state index in [2.05, 4.69) is 30.0 Å².